The molecule has 0 saturated heterocycles. The molecule has 0 radical (unpaired) electrons. The van der Waals surface area contributed by atoms with E-state index in [9.17, 15) is 0 Å². The van der Waals surface area contributed by atoms with E-state index in [1.54, 1.807) is 11.3 Å². The number of thiophene rings is 1. The monoisotopic (exact) mass is 235 g/mol. The Balaban J connectivity index is 2.11. The minimum atomic E-state index is 0.325. The lowest BCUT2D eigenvalue weighted by atomic mass is 10.2. The summed E-state index contributed by atoms with van der Waals surface area (Å²) in [4.78, 5) is 0. The Hall–Kier alpha value is -1.29. The van der Waals surface area contributed by atoms with Crippen LogP contribution in [-0.2, 0) is 13.5 Å². The van der Waals surface area contributed by atoms with Gasteiger partial charge in [0.05, 0.1) is 11.7 Å². The van der Waals surface area contributed by atoms with E-state index in [0.29, 0.717) is 6.04 Å². The van der Waals surface area contributed by atoms with E-state index in [2.05, 4.69) is 47.2 Å². The second kappa shape index (κ2) is 4.70. The predicted octanol–water partition coefficient (Wildman–Crippen LogP) is 3.22. The zero-order valence-electron chi connectivity index (χ0n) is 9.90. The van der Waals surface area contributed by atoms with Gasteiger partial charge in [0.15, 0.2) is 0 Å². The van der Waals surface area contributed by atoms with Gasteiger partial charge >= 0.3 is 0 Å². The van der Waals surface area contributed by atoms with Gasteiger partial charge in [-0.15, -0.1) is 0 Å². The van der Waals surface area contributed by atoms with Crippen LogP contribution in [0.4, 0.5) is 5.82 Å². The minimum absolute atomic E-state index is 0.325. The third-order valence-corrected chi connectivity index (χ3v) is 3.40. The standard InChI is InChI=1S/C12H17N3S/c1-4-11-7-12(15(3)14-11)13-9(2)10-5-6-16-8-10/h5-9,13H,4H2,1-3H3. The molecule has 0 spiro atoms. The Morgan fingerprint density at radius 1 is 1.56 bits per heavy atom. The first-order chi connectivity index (χ1) is 7.70. The summed E-state index contributed by atoms with van der Waals surface area (Å²) in [5.74, 6) is 1.08. The summed E-state index contributed by atoms with van der Waals surface area (Å²) in [6.45, 7) is 4.29. The molecule has 1 N–H and O–H groups in total. The average Bonchev–Trinajstić information content (AvgIpc) is 2.88. The Bertz CT molecular complexity index is 445. The molecule has 0 saturated carbocycles. The highest BCUT2D eigenvalue weighted by molar-refractivity contribution is 7.07. The van der Waals surface area contributed by atoms with Crippen molar-refractivity contribution < 1.29 is 0 Å². The summed E-state index contributed by atoms with van der Waals surface area (Å²) in [6.07, 6.45) is 0.975. The molecule has 2 heterocycles. The Morgan fingerprint density at radius 2 is 2.38 bits per heavy atom. The van der Waals surface area contributed by atoms with Crippen molar-refractivity contribution in [3.05, 3.63) is 34.2 Å². The van der Waals surface area contributed by atoms with Gasteiger partial charge in [-0.2, -0.15) is 16.4 Å². The van der Waals surface area contributed by atoms with Crippen molar-refractivity contribution >= 4 is 17.2 Å². The number of anilines is 1. The fraction of sp³-hybridized carbons (Fsp3) is 0.417. The lowest BCUT2D eigenvalue weighted by Crippen LogP contribution is -2.09. The zero-order valence-corrected chi connectivity index (χ0v) is 10.7. The highest BCUT2D eigenvalue weighted by atomic mass is 32.1. The molecule has 2 aromatic heterocycles. The van der Waals surface area contributed by atoms with E-state index >= 15 is 0 Å². The molecule has 1 unspecified atom stereocenters. The van der Waals surface area contributed by atoms with Gasteiger partial charge in [0.1, 0.15) is 5.82 Å². The second-order valence-corrected chi connectivity index (χ2v) is 4.70. The van der Waals surface area contributed by atoms with Gasteiger partial charge < -0.3 is 5.32 Å². The topological polar surface area (TPSA) is 29.9 Å². The first-order valence-electron chi connectivity index (χ1n) is 5.52. The number of nitrogens with zero attached hydrogens (tertiary/aromatic N) is 2. The lowest BCUT2D eigenvalue weighted by Gasteiger charge is -2.13. The van der Waals surface area contributed by atoms with E-state index in [1.165, 1.54) is 5.56 Å². The lowest BCUT2D eigenvalue weighted by molar-refractivity contribution is 0.735. The van der Waals surface area contributed by atoms with E-state index in [-0.39, 0.29) is 0 Å². The SMILES string of the molecule is CCc1cc(NC(C)c2ccsc2)n(C)n1. The van der Waals surface area contributed by atoms with E-state index in [4.69, 9.17) is 0 Å². The maximum atomic E-state index is 4.42. The molecule has 4 heteroatoms. The van der Waals surface area contributed by atoms with Crippen molar-refractivity contribution in [3.63, 3.8) is 0 Å². The highest BCUT2D eigenvalue weighted by Crippen LogP contribution is 2.21. The van der Waals surface area contributed by atoms with Gasteiger partial charge in [0.25, 0.3) is 0 Å². The van der Waals surface area contributed by atoms with Crippen LogP contribution in [0.5, 0.6) is 0 Å². The maximum absolute atomic E-state index is 4.42. The summed E-state index contributed by atoms with van der Waals surface area (Å²) in [6, 6.07) is 4.59. The molecular weight excluding hydrogens is 218 g/mol. The summed E-state index contributed by atoms with van der Waals surface area (Å²) in [5.41, 5.74) is 2.45. The molecule has 0 fully saturated rings. The van der Waals surface area contributed by atoms with Gasteiger partial charge in [0, 0.05) is 13.1 Å². The van der Waals surface area contributed by atoms with Crippen LogP contribution in [0, 0.1) is 0 Å². The molecule has 2 rings (SSSR count). The summed E-state index contributed by atoms with van der Waals surface area (Å²) in [5, 5.41) is 12.2. The van der Waals surface area contributed by atoms with Crippen molar-refractivity contribution in [3.8, 4) is 0 Å². The normalized spacial score (nSPS) is 12.7. The molecule has 86 valence electrons. The Kier molecular flexibility index (Phi) is 3.29. The molecule has 0 aromatic carbocycles. The van der Waals surface area contributed by atoms with Crippen LogP contribution in [0.15, 0.2) is 22.9 Å². The van der Waals surface area contributed by atoms with Gasteiger partial charge in [-0.25, -0.2) is 0 Å². The van der Waals surface area contributed by atoms with Crippen molar-refractivity contribution in [1.29, 1.82) is 0 Å². The molecule has 16 heavy (non-hydrogen) atoms. The summed E-state index contributed by atoms with van der Waals surface area (Å²) in [7, 11) is 1.97. The van der Waals surface area contributed by atoms with Gasteiger partial charge in [-0.05, 0) is 35.7 Å². The summed E-state index contributed by atoms with van der Waals surface area (Å²) >= 11 is 1.73. The molecule has 0 aliphatic rings. The van der Waals surface area contributed by atoms with E-state index in [0.717, 1.165) is 17.9 Å². The first kappa shape index (κ1) is 11.2. The summed E-state index contributed by atoms with van der Waals surface area (Å²) < 4.78 is 1.90. The molecule has 3 nitrogen and oxygen atoms in total. The number of hydrogen-bond acceptors (Lipinski definition) is 3. The third kappa shape index (κ3) is 2.27. The first-order valence-corrected chi connectivity index (χ1v) is 6.46. The predicted molar refractivity (Wildman–Crippen MR) is 68.9 cm³/mol. The fourth-order valence-electron chi connectivity index (χ4n) is 1.66. The van der Waals surface area contributed by atoms with Crippen LogP contribution in [0.1, 0.15) is 31.1 Å². The zero-order chi connectivity index (χ0) is 11.5. The smallest absolute Gasteiger partial charge is 0.124 e. The van der Waals surface area contributed by atoms with Gasteiger partial charge in [-0.3, -0.25) is 4.68 Å². The number of rotatable bonds is 4. The van der Waals surface area contributed by atoms with Crippen LogP contribution in [0.2, 0.25) is 0 Å². The van der Waals surface area contributed by atoms with Gasteiger partial charge in [-0.1, -0.05) is 6.92 Å². The van der Waals surface area contributed by atoms with Crippen molar-refractivity contribution in [2.24, 2.45) is 7.05 Å². The highest BCUT2D eigenvalue weighted by Gasteiger charge is 2.09. The quantitative estimate of drug-likeness (QED) is 0.882. The van der Waals surface area contributed by atoms with Crippen LogP contribution in [0.25, 0.3) is 0 Å². The second-order valence-electron chi connectivity index (χ2n) is 3.92. The van der Waals surface area contributed by atoms with Gasteiger partial charge in [0.2, 0.25) is 0 Å². The molecule has 0 amide bonds. The average molecular weight is 235 g/mol. The molecule has 1 atom stereocenters. The van der Waals surface area contributed by atoms with Crippen LogP contribution < -0.4 is 5.32 Å². The molecular formula is C12H17N3S. The van der Waals surface area contributed by atoms with E-state index < -0.39 is 0 Å². The number of aryl methyl sites for hydroxylation is 2. The largest absolute Gasteiger partial charge is 0.364 e. The molecule has 2 aromatic rings. The number of nitrogens with one attached hydrogen (secondary N) is 1. The molecule has 0 aliphatic heterocycles. The minimum Gasteiger partial charge on any atom is -0.364 e. The van der Waals surface area contributed by atoms with Crippen molar-refractivity contribution in [1.82, 2.24) is 9.78 Å². The Labute approximate surface area is 100 Å². The Morgan fingerprint density at radius 3 is 2.94 bits per heavy atom. The third-order valence-electron chi connectivity index (χ3n) is 2.70. The van der Waals surface area contributed by atoms with Crippen LogP contribution in [-0.4, -0.2) is 9.78 Å². The van der Waals surface area contributed by atoms with Crippen molar-refractivity contribution in [2.45, 2.75) is 26.3 Å². The van der Waals surface area contributed by atoms with Crippen LogP contribution >= 0.6 is 11.3 Å². The van der Waals surface area contributed by atoms with Crippen molar-refractivity contribution in [2.75, 3.05) is 5.32 Å². The van der Waals surface area contributed by atoms with Crippen LogP contribution in [0.3, 0.4) is 0 Å². The number of hydrogen-bond donors (Lipinski definition) is 1. The molecule has 0 aliphatic carbocycles. The number of aromatic nitrogens is 2. The molecule has 0 bridgehead atoms. The van der Waals surface area contributed by atoms with E-state index in [1.807, 2.05) is 11.7 Å². The fourth-order valence-corrected chi connectivity index (χ4v) is 2.42. The maximum Gasteiger partial charge on any atom is 0.124 e.